The molecule has 0 aliphatic carbocycles. The maximum atomic E-state index is 12.3. The minimum Gasteiger partial charge on any atom is -0.352 e. The lowest BCUT2D eigenvalue weighted by Gasteiger charge is -2.11. The first-order valence-corrected chi connectivity index (χ1v) is 11.3. The molecule has 4 aromatic rings. The van der Waals surface area contributed by atoms with E-state index in [0.717, 1.165) is 28.8 Å². The Morgan fingerprint density at radius 1 is 0.944 bits per heavy atom. The van der Waals surface area contributed by atoms with E-state index in [4.69, 9.17) is 0 Å². The number of halogens is 3. The highest BCUT2D eigenvalue weighted by atomic mass is 19.4. The molecule has 3 amide bonds. The number of nitrogens with one attached hydrogen (secondary N) is 3. The molecule has 0 unspecified atom stereocenters. The zero-order valence-corrected chi connectivity index (χ0v) is 19.4. The second-order valence-electron chi connectivity index (χ2n) is 8.13. The van der Waals surface area contributed by atoms with Crippen molar-refractivity contribution < 1.29 is 22.8 Å². The van der Waals surface area contributed by atoms with Crippen LogP contribution < -0.4 is 16.0 Å². The summed E-state index contributed by atoms with van der Waals surface area (Å²) in [4.78, 5) is 28.6. The van der Waals surface area contributed by atoms with Crippen LogP contribution in [0, 0.1) is 0 Å². The van der Waals surface area contributed by atoms with E-state index in [0.29, 0.717) is 23.4 Å². The van der Waals surface area contributed by atoms with Crippen molar-refractivity contribution in [1.29, 1.82) is 0 Å². The SMILES string of the molecule is CCCNC(=O)c1cccc(-c2ccn3c(-c4cccc(NC(=O)NCC(F)(F)F)c4)cnc3c2)c1. The summed E-state index contributed by atoms with van der Waals surface area (Å²) in [5, 5.41) is 7.06. The molecule has 186 valence electrons. The number of hydrogen-bond donors (Lipinski definition) is 3. The Hall–Kier alpha value is -4.34. The molecule has 2 heterocycles. The van der Waals surface area contributed by atoms with E-state index in [2.05, 4.69) is 15.6 Å². The van der Waals surface area contributed by atoms with Gasteiger partial charge in [-0.1, -0.05) is 31.2 Å². The summed E-state index contributed by atoms with van der Waals surface area (Å²) >= 11 is 0. The zero-order chi connectivity index (χ0) is 25.7. The summed E-state index contributed by atoms with van der Waals surface area (Å²) in [7, 11) is 0. The fraction of sp³-hybridized carbons (Fsp3) is 0.192. The highest BCUT2D eigenvalue weighted by Gasteiger charge is 2.27. The smallest absolute Gasteiger partial charge is 0.352 e. The molecule has 4 rings (SSSR count). The van der Waals surface area contributed by atoms with Crippen molar-refractivity contribution >= 4 is 23.3 Å². The summed E-state index contributed by atoms with van der Waals surface area (Å²) in [6, 6.07) is 17.0. The van der Waals surface area contributed by atoms with Crippen molar-refractivity contribution in [1.82, 2.24) is 20.0 Å². The lowest BCUT2D eigenvalue weighted by molar-refractivity contribution is -0.122. The summed E-state index contributed by atoms with van der Waals surface area (Å²) in [5.41, 5.74) is 4.82. The number of pyridine rings is 1. The van der Waals surface area contributed by atoms with Crippen LogP contribution in [0.15, 0.2) is 73.1 Å². The van der Waals surface area contributed by atoms with Gasteiger partial charge in [0, 0.05) is 29.6 Å². The molecule has 10 heteroatoms. The maximum Gasteiger partial charge on any atom is 0.405 e. The molecule has 0 aliphatic heterocycles. The number of rotatable bonds is 7. The molecule has 7 nitrogen and oxygen atoms in total. The molecule has 2 aromatic heterocycles. The number of carbonyl (C=O) groups excluding carboxylic acids is 2. The van der Waals surface area contributed by atoms with Crippen molar-refractivity contribution in [2.75, 3.05) is 18.4 Å². The minimum absolute atomic E-state index is 0.122. The summed E-state index contributed by atoms with van der Waals surface area (Å²) in [6.07, 6.45) is -0.102. The third-order valence-corrected chi connectivity index (χ3v) is 5.37. The summed E-state index contributed by atoms with van der Waals surface area (Å²) in [5.74, 6) is -0.122. The second-order valence-corrected chi connectivity index (χ2v) is 8.13. The van der Waals surface area contributed by atoms with Crippen LogP contribution in [0.5, 0.6) is 0 Å². The Morgan fingerprint density at radius 3 is 2.47 bits per heavy atom. The van der Waals surface area contributed by atoms with Crippen LogP contribution in [-0.2, 0) is 0 Å². The number of benzene rings is 2. The van der Waals surface area contributed by atoms with Crippen LogP contribution >= 0.6 is 0 Å². The number of urea groups is 1. The molecule has 0 bridgehead atoms. The van der Waals surface area contributed by atoms with Crippen molar-refractivity contribution in [3.05, 3.63) is 78.6 Å². The standard InChI is InChI=1S/C26H24F3N5O2/c1-2-10-30-24(35)20-7-3-5-17(12-20)18-9-11-34-22(15-31-23(34)14-18)19-6-4-8-21(13-19)33-25(36)32-16-26(27,28)29/h3-9,11-15H,2,10,16H2,1H3,(H,30,35)(H2,32,33,36). The van der Waals surface area contributed by atoms with Gasteiger partial charge < -0.3 is 16.0 Å². The van der Waals surface area contributed by atoms with Crippen molar-refractivity contribution in [3.63, 3.8) is 0 Å². The first kappa shape index (κ1) is 24.8. The van der Waals surface area contributed by atoms with Crippen LogP contribution in [0.3, 0.4) is 0 Å². The number of imidazole rings is 1. The average Bonchev–Trinajstić information content (AvgIpc) is 3.29. The van der Waals surface area contributed by atoms with E-state index in [1.54, 1.807) is 35.8 Å². The quantitative estimate of drug-likeness (QED) is 0.317. The van der Waals surface area contributed by atoms with Gasteiger partial charge in [-0.05, 0) is 53.9 Å². The average molecular weight is 496 g/mol. The van der Waals surface area contributed by atoms with Crippen molar-refractivity contribution in [2.24, 2.45) is 0 Å². The molecule has 0 fully saturated rings. The Kier molecular flexibility index (Phi) is 7.23. The second kappa shape index (κ2) is 10.5. The van der Waals surface area contributed by atoms with E-state index in [9.17, 15) is 22.8 Å². The number of amides is 3. The van der Waals surface area contributed by atoms with Gasteiger partial charge >= 0.3 is 12.2 Å². The van der Waals surface area contributed by atoms with Gasteiger partial charge in [0.2, 0.25) is 0 Å². The molecule has 0 radical (unpaired) electrons. The molecule has 3 N–H and O–H groups in total. The Balaban J connectivity index is 1.55. The van der Waals surface area contributed by atoms with Crippen LogP contribution in [0.25, 0.3) is 28.0 Å². The van der Waals surface area contributed by atoms with Gasteiger partial charge in [0.15, 0.2) is 0 Å². The Labute approximate surface area is 205 Å². The largest absolute Gasteiger partial charge is 0.405 e. The predicted octanol–water partition coefficient (Wildman–Crippen LogP) is 5.49. The van der Waals surface area contributed by atoms with Crippen molar-refractivity contribution in [2.45, 2.75) is 19.5 Å². The number of alkyl halides is 3. The van der Waals surface area contributed by atoms with E-state index in [1.165, 1.54) is 0 Å². The van der Waals surface area contributed by atoms with Gasteiger partial charge in [-0.15, -0.1) is 0 Å². The number of carbonyl (C=O) groups is 2. The minimum atomic E-state index is -4.49. The first-order valence-electron chi connectivity index (χ1n) is 11.3. The molecule has 2 aromatic carbocycles. The van der Waals surface area contributed by atoms with Crippen LogP contribution in [0.1, 0.15) is 23.7 Å². The van der Waals surface area contributed by atoms with E-state index in [1.807, 2.05) is 53.9 Å². The Morgan fingerprint density at radius 2 is 1.69 bits per heavy atom. The fourth-order valence-corrected chi connectivity index (χ4v) is 3.67. The molecule has 36 heavy (non-hydrogen) atoms. The lowest BCUT2D eigenvalue weighted by atomic mass is 10.0. The third-order valence-electron chi connectivity index (χ3n) is 5.37. The molecule has 0 atom stereocenters. The number of fused-ring (bicyclic) bond motifs is 1. The molecule has 0 aliphatic rings. The molecular formula is C26H24F3N5O2. The normalized spacial score (nSPS) is 11.3. The number of anilines is 1. The maximum absolute atomic E-state index is 12.3. The number of aromatic nitrogens is 2. The molecule has 0 spiro atoms. The summed E-state index contributed by atoms with van der Waals surface area (Å²) in [6.45, 7) is 1.19. The number of nitrogens with zero attached hydrogens (tertiary/aromatic N) is 2. The first-order chi connectivity index (χ1) is 17.2. The van der Waals surface area contributed by atoms with Crippen molar-refractivity contribution in [3.8, 4) is 22.4 Å². The number of hydrogen-bond acceptors (Lipinski definition) is 3. The Bertz CT molecular complexity index is 1400. The third kappa shape index (κ3) is 6.01. The van der Waals surface area contributed by atoms with Gasteiger partial charge in [-0.25, -0.2) is 9.78 Å². The fourth-order valence-electron chi connectivity index (χ4n) is 3.67. The summed E-state index contributed by atoms with van der Waals surface area (Å²) < 4.78 is 38.8. The molecular weight excluding hydrogens is 471 g/mol. The lowest BCUT2D eigenvalue weighted by Crippen LogP contribution is -2.36. The highest BCUT2D eigenvalue weighted by Crippen LogP contribution is 2.27. The monoisotopic (exact) mass is 495 g/mol. The van der Waals surface area contributed by atoms with Gasteiger partial charge in [0.05, 0.1) is 11.9 Å². The highest BCUT2D eigenvalue weighted by molar-refractivity contribution is 5.95. The van der Waals surface area contributed by atoms with Crippen LogP contribution in [0.4, 0.5) is 23.7 Å². The van der Waals surface area contributed by atoms with Gasteiger partial charge in [-0.2, -0.15) is 13.2 Å². The zero-order valence-electron chi connectivity index (χ0n) is 19.4. The van der Waals surface area contributed by atoms with E-state index in [-0.39, 0.29) is 5.91 Å². The molecule has 0 saturated heterocycles. The van der Waals surface area contributed by atoms with E-state index >= 15 is 0 Å². The topological polar surface area (TPSA) is 87.5 Å². The van der Waals surface area contributed by atoms with Crippen LogP contribution in [0.2, 0.25) is 0 Å². The van der Waals surface area contributed by atoms with Crippen LogP contribution in [-0.4, -0.2) is 40.6 Å². The van der Waals surface area contributed by atoms with Gasteiger partial charge in [0.1, 0.15) is 12.2 Å². The predicted molar refractivity (Wildman–Crippen MR) is 132 cm³/mol. The molecule has 0 saturated carbocycles. The van der Waals surface area contributed by atoms with E-state index < -0.39 is 18.8 Å². The van der Waals surface area contributed by atoms with Gasteiger partial charge in [0.25, 0.3) is 5.91 Å². The van der Waals surface area contributed by atoms with Gasteiger partial charge in [-0.3, -0.25) is 9.20 Å².